The van der Waals surface area contributed by atoms with Crippen molar-refractivity contribution in [3.05, 3.63) is 0 Å². The van der Waals surface area contributed by atoms with E-state index in [1.165, 1.54) is 0 Å². The van der Waals surface area contributed by atoms with Gasteiger partial charge in [-0.15, -0.1) is 0 Å². The molecular formula is C13H26N2O3S. The Bertz CT molecular complexity index is 364. The normalized spacial score (nSPS) is 30.4. The fraction of sp³-hybridized carbons (Fsp3) is 1.00. The van der Waals surface area contributed by atoms with E-state index >= 15 is 0 Å². The Morgan fingerprint density at radius 3 is 2.79 bits per heavy atom. The molecule has 1 N–H and O–H groups in total. The molecule has 0 radical (unpaired) electrons. The second-order valence-corrected chi connectivity index (χ2v) is 7.76. The Morgan fingerprint density at radius 2 is 2.11 bits per heavy atom. The Morgan fingerprint density at radius 1 is 1.26 bits per heavy atom. The van der Waals surface area contributed by atoms with Crippen LogP contribution in [-0.2, 0) is 14.8 Å². The lowest BCUT2D eigenvalue weighted by molar-refractivity contribution is 0.118. The number of piperidine rings is 2. The van der Waals surface area contributed by atoms with Crippen molar-refractivity contribution in [1.82, 2.24) is 9.62 Å². The first-order valence-corrected chi connectivity index (χ1v) is 8.93. The summed E-state index contributed by atoms with van der Waals surface area (Å²) in [7, 11) is -1.44. The van der Waals surface area contributed by atoms with Gasteiger partial charge in [0.2, 0.25) is 10.0 Å². The van der Waals surface area contributed by atoms with Crippen molar-refractivity contribution in [2.24, 2.45) is 5.92 Å². The maximum absolute atomic E-state index is 12.4. The molecule has 0 saturated carbocycles. The average molecular weight is 290 g/mol. The standard InChI is InChI=1S/C13H26N2O3S/c1-18-10-12-5-4-8-15(9-12)19(16,17)11-13-6-2-3-7-14-13/h12-14H,2-11H2,1H3. The van der Waals surface area contributed by atoms with E-state index in [2.05, 4.69) is 5.32 Å². The van der Waals surface area contributed by atoms with Crippen molar-refractivity contribution >= 4 is 10.0 Å². The van der Waals surface area contributed by atoms with Gasteiger partial charge >= 0.3 is 0 Å². The SMILES string of the molecule is COCC1CCCN(S(=O)(=O)CC2CCCCN2)C1. The van der Waals surface area contributed by atoms with Crippen LogP contribution in [0.4, 0.5) is 0 Å². The minimum atomic E-state index is -3.12. The third-order valence-corrected chi connectivity index (χ3v) is 6.04. The summed E-state index contributed by atoms with van der Waals surface area (Å²) in [5, 5.41) is 3.32. The topological polar surface area (TPSA) is 58.6 Å². The number of methoxy groups -OCH3 is 1. The fourth-order valence-corrected chi connectivity index (χ4v) is 4.93. The Balaban J connectivity index is 1.90. The fourth-order valence-electron chi connectivity index (χ4n) is 3.08. The van der Waals surface area contributed by atoms with Crippen LogP contribution in [0.5, 0.6) is 0 Å². The molecular weight excluding hydrogens is 264 g/mol. The Kier molecular flexibility index (Phi) is 5.62. The van der Waals surface area contributed by atoms with E-state index in [-0.39, 0.29) is 11.8 Å². The maximum Gasteiger partial charge on any atom is 0.215 e. The summed E-state index contributed by atoms with van der Waals surface area (Å²) in [6.45, 7) is 2.92. The van der Waals surface area contributed by atoms with E-state index in [0.717, 1.165) is 38.6 Å². The molecule has 2 fully saturated rings. The third kappa shape index (κ3) is 4.41. The molecule has 0 aliphatic carbocycles. The average Bonchev–Trinajstić information content (AvgIpc) is 2.40. The molecule has 2 saturated heterocycles. The molecule has 0 amide bonds. The van der Waals surface area contributed by atoms with Gasteiger partial charge in [-0.1, -0.05) is 6.42 Å². The van der Waals surface area contributed by atoms with E-state index in [0.29, 0.717) is 25.6 Å². The molecule has 2 unspecified atom stereocenters. The molecule has 0 spiro atoms. The second-order valence-electron chi connectivity index (χ2n) is 5.75. The molecule has 2 rings (SSSR count). The molecule has 6 heteroatoms. The molecule has 0 aromatic heterocycles. The summed E-state index contributed by atoms with van der Waals surface area (Å²) in [5.41, 5.74) is 0. The lowest BCUT2D eigenvalue weighted by Crippen LogP contribution is -2.47. The van der Waals surface area contributed by atoms with Crippen molar-refractivity contribution < 1.29 is 13.2 Å². The molecule has 2 aliphatic heterocycles. The predicted molar refractivity (Wildman–Crippen MR) is 75.6 cm³/mol. The molecule has 0 bridgehead atoms. The van der Waals surface area contributed by atoms with Crippen molar-refractivity contribution in [2.45, 2.75) is 38.1 Å². The first kappa shape index (κ1) is 15.2. The summed E-state index contributed by atoms with van der Waals surface area (Å²) in [6.07, 6.45) is 5.30. The van der Waals surface area contributed by atoms with Gasteiger partial charge in [-0.05, 0) is 38.1 Å². The number of hydrogen-bond acceptors (Lipinski definition) is 4. The quantitative estimate of drug-likeness (QED) is 0.814. The number of rotatable bonds is 5. The number of hydrogen-bond donors (Lipinski definition) is 1. The highest BCUT2D eigenvalue weighted by molar-refractivity contribution is 7.89. The van der Waals surface area contributed by atoms with Gasteiger partial charge in [0.1, 0.15) is 0 Å². The molecule has 0 aromatic carbocycles. The number of ether oxygens (including phenoxy) is 1. The smallest absolute Gasteiger partial charge is 0.215 e. The predicted octanol–water partition coefficient (Wildman–Crippen LogP) is 0.817. The maximum atomic E-state index is 12.4. The lowest BCUT2D eigenvalue weighted by Gasteiger charge is -2.33. The van der Waals surface area contributed by atoms with Crippen LogP contribution < -0.4 is 5.32 Å². The zero-order chi connectivity index (χ0) is 13.7. The van der Waals surface area contributed by atoms with Crippen molar-refractivity contribution in [1.29, 1.82) is 0 Å². The van der Waals surface area contributed by atoms with Crippen LogP contribution in [0.1, 0.15) is 32.1 Å². The first-order chi connectivity index (χ1) is 9.12. The van der Waals surface area contributed by atoms with Crippen LogP contribution in [-0.4, -0.2) is 57.9 Å². The van der Waals surface area contributed by atoms with Crippen molar-refractivity contribution in [3.8, 4) is 0 Å². The van der Waals surface area contributed by atoms with E-state index in [4.69, 9.17) is 4.74 Å². The number of nitrogens with zero attached hydrogens (tertiary/aromatic N) is 1. The molecule has 5 nitrogen and oxygen atoms in total. The van der Waals surface area contributed by atoms with Crippen LogP contribution in [0.3, 0.4) is 0 Å². The van der Waals surface area contributed by atoms with Crippen LogP contribution in [0.15, 0.2) is 0 Å². The van der Waals surface area contributed by atoms with Gasteiger partial charge in [-0.3, -0.25) is 0 Å². The van der Waals surface area contributed by atoms with E-state index in [1.807, 2.05) is 0 Å². The molecule has 19 heavy (non-hydrogen) atoms. The zero-order valence-corrected chi connectivity index (χ0v) is 12.6. The highest BCUT2D eigenvalue weighted by atomic mass is 32.2. The van der Waals surface area contributed by atoms with E-state index < -0.39 is 10.0 Å². The number of sulfonamides is 1. The monoisotopic (exact) mass is 290 g/mol. The van der Waals surface area contributed by atoms with E-state index in [9.17, 15) is 8.42 Å². The summed E-state index contributed by atoms with van der Waals surface area (Å²) in [4.78, 5) is 0. The first-order valence-electron chi connectivity index (χ1n) is 7.32. The van der Waals surface area contributed by atoms with Gasteiger partial charge in [0.05, 0.1) is 12.4 Å². The van der Waals surface area contributed by atoms with Crippen LogP contribution in [0, 0.1) is 5.92 Å². The Hall–Kier alpha value is -0.170. The summed E-state index contributed by atoms with van der Waals surface area (Å²) >= 11 is 0. The van der Waals surface area contributed by atoms with Gasteiger partial charge in [0, 0.05) is 26.2 Å². The summed E-state index contributed by atoms with van der Waals surface area (Å²) in [5.74, 6) is 0.611. The van der Waals surface area contributed by atoms with Crippen LogP contribution >= 0.6 is 0 Å². The third-order valence-electron chi connectivity index (χ3n) is 4.10. The van der Waals surface area contributed by atoms with E-state index in [1.54, 1.807) is 11.4 Å². The van der Waals surface area contributed by atoms with Gasteiger partial charge in [0.15, 0.2) is 0 Å². The molecule has 0 aromatic rings. The minimum absolute atomic E-state index is 0.140. The van der Waals surface area contributed by atoms with Crippen LogP contribution in [0.2, 0.25) is 0 Å². The second kappa shape index (κ2) is 7.02. The highest BCUT2D eigenvalue weighted by Gasteiger charge is 2.31. The van der Waals surface area contributed by atoms with Gasteiger partial charge in [-0.2, -0.15) is 0 Å². The van der Waals surface area contributed by atoms with Gasteiger partial charge in [-0.25, -0.2) is 12.7 Å². The summed E-state index contributed by atoms with van der Waals surface area (Å²) in [6, 6.07) is 0.140. The number of nitrogens with one attached hydrogen (secondary N) is 1. The van der Waals surface area contributed by atoms with Gasteiger partial charge in [0.25, 0.3) is 0 Å². The van der Waals surface area contributed by atoms with Crippen LogP contribution in [0.25, 0.3) is 0 Å². The molecule has 2 atom stereocenters. The summed E-state index contributed by atoms with van der Waals surface area (Å²) < 4.78 is 31.7. The molecule has 2 aliphatic rings. The zero-order valence-electron chi connectivity index (χ0n) is 11.8. The molecule has 2 heterocycles. The van der Waals surface area contributed by atoms with Crippen molar-refractivity contribution in [2.75, 3.05) is 39.1 Å². The molecule has 112 valence electrons. The van der Waals surface area contributed by atoms with Gasteiger partial charge < -0.3 is 10.1 Å². The highest BCUT2D eigenvalue weighted by Crippen LogP contribution is 2.21. The largest absolute Gasteiger partial charge is 0.384 e. The lowest BCUT2D eigenvalue weighted by atomic mass is 10.0. The van der Waals surface area contributed by atoms with Crippen molar-refractivity contribution in [3.63, 3.8) is 0 Å². The minimum Gasteiger partial charge on any atom is -0.384 e. The Labute approximate surface area is 116 Å².